The molecule has 2 aliphatic rings. The second-order valence-corrected chi connectivity index (χ2v) is 5.04. The largest absolute Gasteiger partial charge is 0.394 e. The Labute approximate surface area is 111 Å². The number of benzene rings is 1. The van der Waals surface area contributed by atoms with Crippen molar-refractivity contribution < 1.29 is 9.90 Å². The second kappa shape index (κ2) is 4.36. The summed E-state index contributed by atoms with van der Waals surface area (Å²) in [6.45, 7) is 1.96. The number of ketones is 1. The van der Waals surface area contributed by atoms with Crippen LogP contribution in [0, 0.1) is 0 Å². The highest BCUT2D eigenvalue weighted by atomic mass is 16.3. The van der Waals surface area contributed by atoms with Gasteiger partial charge in [0.15, 0.2) is 6.10 Å². The highest BCUT2D eigenvalue weighted by Gasteiger charge is 2.40. The summed E-state index contributed by atoms with van der Waals surface area (Å²) in [6, 6.07) is 6.24. The number of nitrogens with zero attached hydrogens (tertiary/aromatic N) is 1. The van der Waals surface area contributed by atoms with Crippen molar-refractivity contribution in [2.24, 2.45) is 11.5 Å². The molecule has 0 saturated heterocycles. The molecular weight excluding hydrogens is 242 g/mol. The summed E-state index contributed by atoms with van der Waals surface area (Å²) in [5, 5.41) is 9.70. The lowest BCUT2D eigenvalue weighted by Crippen LogP contribution is -2.49. The van der Waals surface area contributed by atoms with Crippen molar-refractivity contribution in [2.45, 2.75) is 25.6 Å². The van der Waals surface area contributed by atoms with Gasteiger partial charge in [-0.25, -0.2) is 0 Å². The Morgan fingerprint density at radius 1 is 1.37 bits per heavy atom. The number of aliphatic hydroxyl groups excluding tert-OH is 1. The summed E-state index contributed by atoms with van der Waals surface area (Å²) < 4.78 is 0. The fourth-order valence-electron chi connectivity index (χ4n) is 2.75. The predicted octanol–water partition coefficient (Wildman–Crippen LogP) is -0.383. The monoisotopic (exact) mass is 259 g/mol. The van der Waals surface area contributed by atoms with E-state index in [-0.39, 0.29) is 11.5 Å². The molecule has 0 unspecified atom stereocenters. The number of carbonyl (C=O) groups excluding carboxylic acids is 1. The number of nitrogens with two attached hydrogens (primary N) is 2. The van der Waals surface area contributed by atoms with Crippen molar-refractivity contribution in [1.82, 2.24) is 4.90 Å². The van der Waals surface area contributed by atoms with E-state index in [0.717, 1.165) is 18.5 Å². The third kappa shape index (κ3) is 1.82. The molecule has 1 atom stereocenters. The first kappa shape index (κ1) is 12.2. The lowest BCUT2D eigenvalue weighted by atomic mass is 9.90. The van der Waals surface area contributed by atoms with Gasteiger partial charge in [0.2, 0.25) is 5.78 Å². The highest BCUT2D eigenvalue weighted by molar-refractivity contribution is 6.07. The normalized spacial score (nSPS) is 22.3. The quantitative estimate of drug-likeness (QED) is 0.673. The van der Waals surface area contributed by atoms with Crippen LogP contribution in [0.5, 0.6) is 0 Å². The van der Waals surface area contributed by atoms with E-state index >= 15 is 0 Å². The van der Waals surface area contributed by atoms with Crippen LogP contribution in [0.15, 0.2) is 29.6 Å². The maximum Gasteiger partial charge on any atom is 0.214 e. The molecule has 0 bridgehead atoms. The molecule has 0 spiro atoms. The van der Waals surface area contributed by atoms with Crippen molar-refractivity contribution in [3.63, 3.8) is 0 Å². The van der Waals surface area contributed by atoms with Gasteiger partial charge in [0.05, 0.1) is 5.70 Å². The average Bonchev–Trinajstić information content (AvgIpc) is 2.46. The van der Waals surface area contributed by atoms with Gasteiger partial charge in [-0.15, -0.1) is 0 Å². The maximum absolute atomic E-state index is 11.3. The van der Waals surface area contributed by atoms with E-state index in [1.807, 2.05) is 11.0 Å². The summed E-state index contributed by atoms with van der Waals surface area (Å²) in [5.41, 5.74) is 15.7. The molecule has 3 rings (SSSR count). The molecule has 1 heterocycles. The minimum atomic E-state index is -1.04. The van der Waals surface area contributed by atoms with Gasteiger partial charge in [0.1, 0.15) is 5.70 Å². The molecule has 0 fully saturated rings. The molecule has 0 amide bonds. The van der Waals surface area contributed by atoms with E-state index < -0.39 is 6.10 Å². The fraction of sp³-hybridized carbons (Fsp3) is 0.357. The van der Waals surface area contributed by atoms with Crippen LogP contribution in [0.4, 0.5) is 0 Å². The number of fused-ring (bicyclic) bond motifs is 1. The minimum Gasteiger partial charge on any atom is -0.394 e. The molecule has 0 aromatic heterocycles. The van der Waals surface area contributed by atoms with E-state index in [1.165, 1.54) is 11.1 Å². The highest BCUT2D eigenvalue weighted by Crippen LogP contribution is 2.30. The maximum atomic E-state index is 11.3. The SMILES string of the molecule is NCc1ccc2c(c1)CN(C1=C(N)C(=O)[C@H]1O)CC2. The molecule has 1 aliphatic heterocycles. The van der Waals surface area contributed by atoms with Crippen molar-refractivity contribution in [3.8, 4) is 0 Å². The van der Waals surface area contributed by atoms with Crippen molar-refractivity contribution >= 4 is 5.78 Å². The third-order valence-corrected chi connectivity index (χ3v) is 3.91. The lowest BCUT2D eigenvalue weighted by Gasteiger charge is -2.39. The van der Waals surface area contributed by atoms with Crippen LogP contribution < -0.4 is 11.5 Å². The Kier molecular flexibility index (Phi) is 2.80. The van der Waals surface area contributed by atoms with E-state index in [1.54, 1.807) is 0 Å². The standard InChI is InChI=1S/C14H17N3O2/c15-6-8-1-2-9-3-4-17(7-10(9)5-8)12-11(16)13(18)14(12)19/h1-2,5,14,19H,3-4,6-7,15-16H2/t14-/m0/s1. The van der Waals surface area contributed by atoms with Crippen molar-refractivity contribution in [2.75, 3.05) is 6.54 Å². The fourth-order valence-corrected chi connectivity index (χ4v) is 2.75. The van der Waals surface area contributed by atoms with Crippen LogP contribution in [0.3, 0.4) is 0 Å². The van der Waals surface area contributed by atoms with Crippen molar-refractivity contribution in [3.05, 3.63) is 46.3 Å². The molecule has 0 saturated carbocycles. The number of rotatable bonds is 2. The lowest BCUT2D eigenvalue weighted by molar-refractivity contribution is -0.126. The summed E-state index contributed by atoms with van der Waals surface area (Å²) >= 11 is 0. The summed E-state index contributed by atoms with van der Waals surface area (Å²) in [5.74, 6) is -0.364. The summed E-state index contributed by atoms with van der Waals surface area (Å²) in [4.78, 5) is 13.3. The zero-order valence-electron chi connectivity index (χ0n) is 10.6. The molecule has 5 heteroatoms. The van der Waals surface area contributed by atoms with E-state index in [0.29, 0.717) is 18.8 Å². The van der Waals surface area contributed by atoms with Gasteiger partial charge in [0, 0.05) is 19.6 Å². The molecule has 1 aliphatic carbocycles. The van der Waals surface area contributed by atoms with Crippen LogP contribution in [-0.2, 0) is 24.3 Å². The number of carbonyl (C=O) groups is 1. The first-order valence-electron chi connectivity index (χ1n) is 6.39. The third-order valence-electron chi connectivity index (χ3n) is 3.91. The van der Waals surface area contributed by atoms with Crippen LogP contribution in [0.2, 0.25) is 0 Å². The smallest absolute Gasteiger partial charge is 0.214 e. The number of aliphatic hydroxyl groups is 1. The first-order valence-corrected chi connectivity index (χ1v) is 6.39. The number of Topliss-reactive ketones (excluding diaryl/α,β-unsaturated/α-hetero) is 1. The van der Waals surface area contributed by atoms with E-state index in [4.69, 9.17) is 11.5 Å². The van der Waals surface area contributed by atoms with Crippen LogP contribution >= 0.6 is 0 Å². The Bertz CT molecular complexity index is 580. The molecular formula is C14H17N3O2. The van der Waals surface area contributed by atoms with E-state index in [9.17, 15) is 9.90 Å². The van der Waals surface area contributed by atoms with Gasteiger partial charge >= 0.3 is 0 Å². The Hall–Kier alpha value is -1.85. The Balaban J connectivity index is 1.88. The molecule has 19 heavy (non-hydrogen) atoms. The van der Waals surface area contributed by atoms with Gasteiger partial charge < -0.3 is 21.5 Å². The average molecular weight is 259 g/mol. The molecule has 5 nitrogen and oxygen atoms in total. The number of hydrogen-bond acceptors (Lipinski definition) is 5. The topological polar surface area (TPSA) is 92.6 Å². The molecule has 1 aromatic rings. The van der Waals surface area contributed by atoms with Gasteiger partial charge in [-0.1, -0.05) is 18.2 Å². The number of hydrogen-bond donors (Lipinski definition) is 3. The van der Waals surface area contributed by atoms with Gasteiger partial charge in [-0.2, -0.15) is 0 Å². The zero-order valence-corrected chi connectivity index (χ0v) is 10.6. The van der Waals surface area contributed by atoms with Crippen LogP contribution in [0.25, 0.3) is 0 Å². The Morgan fingerprint density at radius 2 is 2.16 bits per heavy atom. The second-order valence-electron chi connectivity index (χ2n) is 5.04. The molecule has 1 aromatic carbocycles. The molecule has 100 valence electrons. The summed E-state index contributed by atoms with van der Waals surface area (Å²) in [7, 11) is 0. The van der Waals surface area contributed by atoms with Crippen LogP contribution in [-0.4, -0.2) is 28.4 Å². The van der Waals surface area contributed by atoms with Gasteiger partial charge in [0.25, 0.3) is 0 Å². The van der Waals surface area contributed by atoms with E-state index in [2.05, 4.69) is 12.1 Å². The first-order chi connectivity index (χ1) is 9.11. The van der Waals surface area contributed by atoms with Crippen molar-refractivity contribution in [1.29, 1.82) is 0 Å². The Morgan fingerprint density at radius 3 is 2.84 bits per heavy atom. The summed E-state index contributed by atoms with van der Waals surface area (Å²) in [6.07, 6.45) is -0.156. The van der Waals surface area contributed by atoms with Gasteiger partial charge in [-0.05, 0) is 23.1 Å². The predicted molar refractivity (Wildman–Crippen MR) is 70.7 cm³/mol. The van der Waals surface area contributed by atoms with Crippen LogP contribution in [0.1, 0.15) is 16.7 Å². The minimum absolute atomic E-state index is 0.200. The molecule has 0 radical (unpaired) electrons. The van der Waals surface area contributed by atoms with Gasteiger partial charge in [-0.3, -0.25) is 4.79 Å². The molecule has 5 N–H and O–H groups in total. The zero-order chi connectivity index (χ0) is 13.6.